The number of methoxy groups -OCH3 is 1. The molecule has 0 spiro atoms. The van der Waals surface area contributed by atoms with Crippen LogP contribution in [0.5, 0.6) is 5.75 Å². The van der Waals surface area contributed by atoms with Crippen molar-refractivity contribution in [3.8, 4) is 5.75 Å². The Balaban J connectivity index is 2.43. The fraction of sp³-hybridized carbons (Fsp3) is 0.211. The van der Waals surface area contributed by atoms with E-state index in [1.807, 2.05) is 48.5 Å². The van der Waals surface area contributed by atoms with E-state index in [0.717, 1.165) is 16.9 Å². The van der Waals surface area contributed by atoms with E-state index in [4.69, 9.17) is 9.84 Å². The van der Waals surface area contributed by atoms with Crippen LogP contribution in [0.4, 0.5) is 0 Å². The second-order valence-electron chi connectivity index (χ2n) is 5.40. The van der Waals surface area contributed by atoms with Gasteiger partial charge in [-0.1, -0.05) is 50.2 Å². The van der Waals surface area contributed by atoms with Crippen molar-refractivity contribution in [1.82, 2.24) is 0 Å². The maximum Gasteiger partial charge on any atom is 0.328 e. The Kier molecular flexibility index (Phi) is 4.99. The second-order valence-corrected chi connectivity index (χ2v) is 5.40. The molecule has 0 radical (unpaired) electrons. The van der Waals surface area contributed by atoms with Crippen molar-refractivity contribution in [3.63, 3.8) is 0 Å². The molecular formula is C19H20O3. The Morgan fingerprint density at radius 2 is 1.50 bits per heavy atom. The van der Waals surface area contributed by atoms with Crippen molar-refractivity contribution in [1.29, 1.82) is 0 Å². The predicted octanol–water partition coefficient (Wildman–Crippen LogP) is 4.33. The summed E-state index contributed by atoms with van der Waals surface area (Å²) in [6.45, 7) is 4.26. The molecule has 0 bridgehead atoms. The molecule has 2 rings (SSSR count). The topological polar surface area (TPSA) is 46.5 Å². The van der Waals surface area contributed by atoms with Gasteiger partial charge < -0.3 is 9.84 Å². The van der Waals surface area contributed by atoms with Gasteiger partial charge in [0.25, 0.3) is 0 Å². The van der Waals surface area contributed by atoms with Crippen LogP contribution in [0.3, 0.4) is 0 Å². The summed E-state index contributed by atoms with van der Waals surface area (Å²) in [6, 6.07) is 15.4. The van der Waals surface area contributed by atoms with Crippen molar-refractivity contribution >= 4 is 11.5 Å². The molecule has 0 aromatic heterocycles. The molecule has 0 aliphatic heterocycles. The van der Waals surface area contributed by atoms with Crippen LogP contribution < -0.4 is 4.74 Å². The quantitative estimate of drug-likeness (QED) is 0.835. The van der Waals surface area contributed by atoms with Crippen molar-refractivity contribution in [2.45, 2.75) is 19.8 Å². The first-order chi connectivity index (χ1) is 10.5. The molecule has 3 heteroatoms. The number of hydrogen-bond acceptors (Lipinski definition) is 2. The average molecular weight is 296 g/mol. The summed E-state index contributed by atoms with van der Waals surface area (Å²) in [7, 11) is 1.60. The lowest BCUT2D eigenvalue weighted by Crippen LogP contribution is -1.96. The number of carboxylic acids is 1. The molecule has 0 unspecified atom stereocenters. The number of rotatable bonds is 5. The number of ether oxygens (including phenoxy) is 1. The molecule has 3 nitrogen and oxygen atoms in total. The first-order valence-corrected chi connectivity index (χ1v) is 7.20. The molecule has 0 heterocycles. The van der Waals surface area contributed by atoms with Gasteiger partial charge in [0.2, 0.25) is 0 Å². The summed E-state index contributed by atoms with van der Waals surface area (Å²) in [5, 5.41) is 9.15. The molecule has 0 saturated heterocycles. The Bertz CT molecular complexity index is 665. The molecule has 0 aliphatic carbocycles. The van der Waals surface area contributed by atoms with Gasteiger partial charge in [-0.05, 0) is 40.3 Å². The van der Waals surface area contributed by atoms with E-state index in [1.165, 1.54) is 11.6 Å². The highest BCUT2D eigenvalue weighted by Gasteiger charge is 2.09. The molecule has 0 amide bonds. The molecule has 0 fully saturated rings. The highest BCUT2D eigenvalue weighted by Crippen LogP contribution is 2.26. The van der Waals surface area contributed by atoms with E-state index in [2.05, 4.69) is 13.8 Å². The van der Waals surface area contributed by atoms with Crippen LogP contribution >= 0.6 is 0 Å². The third-order valence-electron chi connectivity index (χ3n) is 3.56. The summed E-state index contributed by atoms with van der Waals surface area (Å²) in [5.41, 5.74) is 3.65. The fourth-order valence-electron chi connectivity index (χ4n) is 2.27. The molecule has 0 aliphatic rings. The molecular weight excluding hydrogens is 276 g/mol. The molecule has 114 valence electrons. The van der Waals surface area contributed by atoms with Gasteiger partial charge in [0.1, 0.15) is 5.75 Å². The molecule has 1 N–H and O–H groups in total. The lowest BCUT2D eigenvalue weighted by molar-refractivity contribution is -0.131. The predicted molar refractivity (Wildman–Crippen MR) is 88.2 cm³/mol. The maximum absolute atomic E-state index is 11.2. The van der Waals surface area contributed by atoms with Gasteiger partial charge in [0, 0.05) is 6.08 Å². The van der Waals surface area contributed by atoms with Crippen LogP contribution in [-0.4, -0.2) is 18.2 Å². The summed E-state index contributed by atoms with van der Waals surface area (Å²) in [4.78, 5) is 11.2. The zero-order valence-electron chi connectivity index (χ0n) is 13.0. The Morgan fingerprint density at radius 3 is 1.91 bits per heavy atom. The molecule has 0 saturated carbocycles. The smallest absolute Gasteiger partial charge is 0.328 e. The van der Waals surface area contributed by atoms with Gasteiger partial charge in [0.15, 0.2) is 0 Å². The zero-order valence-corrected chi connectivity index (χ0v) is 13.0. The summed E-state index contributed by atoms with van der Waals surface area (Å²) < 4.78 is 5.14. The van der Waals surface area contributed by atoms with Crippen LogP contribution in [0.1, 0.15) is 36.5 Å². The van der Waals surface area contributed by atoms with Crippen molar-refractivity contribution < 1.29 is 14.6 Å². The van der Waals surface area contributed by atoms with E-state index < -0.39 is 5.97 Å². The Labute approximate surface area is 130 Å². The van der Waals surface area contributed by atoms with Crippen molar-refractivity contribution in [3.05, 3.63) is 71.3 Å². The van der Waals surface area contributed by atoms with Crippen molar-refractivity contribution in [2.75, 3.05) is 7.11 Å². The van der Waals surface area contributed by atoms with Crippen molar-refractivity contribution in [2.24, 2.45) is 0 Å². The lowest BCUT2D eigenvalue weighted by Gasteiger charge is -2.11. The summed E-state index contributed by atoms with van der Waals surface area (Å²) >= 11 is 0. The van der Waals surface area contributed by atoms with Gasteiger partial charge in [-0.3, -0.25) is 0 Å². The minimum Gasteiger partial charge on any atom is -0.497 e. The van der Waals surface area contributed by atoms with Gasteiger partial charge in [-0.15, -0.1) is 0 Å². The number of hydrogen-bond donors (Lipinski definition) is 1. The van der Waals surface area contributed by atoms with E-state index in [9.17, 15) is 4.79 Å². The van der Waals surface area contributed by atoms with Crippen LogP contribution in [0.15, 0.2) is 54.6 Å². The van der Waals surface area contributed by atoms with E-state index in [-0.39, 0.29) is 0 Å². The normalized spacial score (nSPS) is 11.5. The third-order valence-corrected chi connectivity index (χ3v) is 3.56. The fourth-order valence-corrected chi connectivity index (χ4v) is 2.27. The van der Waals surface area contributed by atoms with Crippen LogP contribution in [0, 0.1) is 0 Å². The maximum atomic E-state index is 11.2. The van der Waals surface area contributed by atoms with E-state index in [0.29, 0.717) is 11.5 Å². The van der Waals surface area contributed by atoms with E-state index in [1.54, 1.807) is 7.11 Å². The molecule has 2 aromatic carbocycles. The highest BCUT2D eigenvalue weighted by molar-refractivity contribution is 5.95. The van der Waals surface area contributed by atoms with Gasteiger partial charge in [-0.2, -0.15) is 0 Å². The lowest BCUT2D eigenvalue weighted by atomic mass is 9.94. The standard InChI is InChI=1S/C19H20O3/c1-13(2)14-4-6-15(7-5-14)18(12-19(20)21)16-8-10-17(22-3)11-9-16/h4-13H,1-3H3,(H,20,21)/b18-12-. The molecule has 22 heavy (non-hydrogen) atoms. The Hall–Kier alpha value is -2.55. The van der Waals surface area contributed by atoms with Crippen LogP contribution in [0.25, 0.3) is 5.57 Å². The third kappa shape index (κ3) is 3.76. The monoisotopic (exact) mass is 296 g/mol. The Morgan fingerprint density at radius 1 is 1.00 bits per heavy atom. The largest absolute Gasteiger partial charge is 0.497 e. The average Bonchev–Trinajstić information content (AvgIpc) is 2.53. The molecule has 2 aromatic rings. The first-order valence-electron chi connectivity index (χ1n) is 7.20. The number of carbonyl (C=O) groups is 1. The zero-order chi connectivity index (χ0) is 16.1. The summed E-state index contributed by atoms with van der Waals surface area (Å²) in [5.74, 6) is 0.231. The minimum atomic E-state index is -0.959. The van der Waals surface area contributed by atoms with E-state index >= 15 is 0 Å². The minimum absolute atomic E-state index is 0.446. The number of aliphatic carboxylic acids is 1. The van der Waals surface area contributed by atoms with Gasteiger partial charge in [-0.25, -0.2) is 4.79 Å². The second kappa shape index (κ2) is 6.94. The van der Waals surface area contributed by atoms with Gasteiger partial charge >= 0.3 is 5.97 Å². The summed E-state index contributed by atoms with van der Waals surface area (Å²) in [6.07, 6.45) is 1.24. The number of carboxylic acid groups (broad SMARTS) is 1. The van der Waals surface area contributed by atoms with Gasteiger partial charge in [0.05, 0.1) is 7.11 Å². The van der Waals surface area contributed by atoms with Crippen LogP contribution in [0.2, 0.25) is 0 Å². The first kappa shape index (κ1) is 15.8. The van der Waals surface area contributed by atoms with Crippen LogP contribution in [-0.2, 0) is 4.79 Å². The number of benzene rings is 2. The molecule has 0 atom stereocenters. The SMILES string of the molecule is COc1ccc(/C(=C\C(=O)O)c2ccc(C(C)C)cc2)cc1. The highest BCUT2D eigenvalue weighted by atomic mass is 16.5.